The Bertz CT molecular complexity index is 1490. The Hall–Kier alpha value is -3.76. The molecule has 6 atom stereocenters. The molecule has 5 aliphatic rings. The highest BCUT2D eigenvalue weighted by molar-refractivity contribution is 6.26. The lowest BCUT2D eigenvalue weighted by Gasteiger charge is -2.60. The minimum absolute atomic E-state index is 0.0108. The monoisotopic (exact) mass is 577 g/mol. The fourth-order valence-electron chi connectivity index (χ4n) is 7.31. The van der Waals surface area contributed by atoms with Crippen LogP contribution in [-0.4, -0.2) is 115 Å². The molecule has 42 heavy (non-hydrogen) atoms. The number of hydrogen-bond acceptors (Lipinski definition) is 11. The van der Waals surface area contributed by atoms with Crippen LogP contribution in [0.1, 0.15) is 33.6 Å². The third kappa shape index (κ3) is 4.06. The summed E-state index contributed by atoms with van der Waals surface area (Å²) in [6.07, 6.45) is 0.175. The second-order valence-corrected chi connectivity index (χ2v) is 11.5. The van der Waals surface area contributed by atoms with Crippen molar-refractivity contribution in [3.05, 3.63) is 44.8 Å². The molecule has 0 spiro atoms. The Morgan fingerprint density at radius 3 is 2.26 bits per heavy atom. The molecule has 0 radical (unpaired) electrons. The molecule has 2 bridgehead atoms. The summed E-state index contributed by atoms with van der Waals surface area (Å²) in [6, 6.07) is -1.76. The number of amides is 1. The van der Waals surface area contributed by atoms with E-state index in [0.29, 0.717) is 5.57 Å². The van der Waals surface area contributed by atoms with Gasteiger partial charge in [0.05, 0.1) is 37.9 Å². The Kier molecular flexibility index (Phi) is 7.66. The number of nitrogens with one attached hydrogen (secondary N) is 2. The van der Waals surface area contributed by atoms with Gasteiger partial charge in [0.15, 0.2) is 23.1 Å². The molecular formula is C30H35N5O7. The van der Waals surface area contributed by atoms with Crippen molar-refractivity contribution in [3.8, 4) is 6.07 Å². The first kappa shape index (κ1) is 29.7. The lowest BCUT2D eigenvalue weighted by molar-refractivity contribution is -0.126. The molecule has 222 valence electrons. The van der Waals surface area contributed by atoms with Crippen LogP contribution in [0, 0.1) is 11.3 Å². The average Bonchev–Trinajstić information content (AvgIpc) is 2.97. The zero-order valence-corrected chi connectivity index (χ0v) is 24.5. The van der Waals surface area contributed by atoms with Gasteiger partial charge in [0.2, 0.25) is 11.7 Å². The molecule has 1 saturated heterocycles. The molecule has 0 aromatic rings. The molecule has 12 nitrogen and oxygen atoms in total. The van der Waals surface area contributed by atoms with E-state index in [1.807, 2.05) is 9.80 Å². The predicted molar refractivity (Wildman–Crippen MR) is 148 cm³/mol. The van der Waals surface area contributed by atoms with Gasteiger partial charge < -0.3 is 20.5 Å². The quantitative estimate of drug-likeness (QED) is 0.340. The highest BCUT2D eigenvalue weighted by Crippen LogP contribution is 2.48. The predicted octanol–water partition coefficient (Wildman–Crippen LogP) is -0.742. The van der Waals surface area contributed by atoms with Gasteiger partial charge in [0, 0.05) is 57.6 Å². The number of Topliss-reactive ketones (excluding diaryl/α,β-unsaturated/α-hetero) is 4. The largest absolute Gasteiger partial charge is 0.492 e. The average molecular weight is 578 g/mol. The summed E-state index contributed by atoms with van der Waals surface area (Å²) in [7, 11) is 4.78. The van der Waals surface area contributed by atoms with Crippen molar-refractivity contribution < 1.29 is 33.8 Å². The standard InChI is InChI=1S/C30H35N5O7/c1-12-17(11-36)27(39)22-15(25(12)37)8-19-24-23-16(26(38)13(2)29(42-6)28(23)40)7-18(34(24)5)20(9-31)35(19)21(22)10-33-30(41)14(3)32-4/h14,18-21,24,32,36H,7-8,10-11H2,1-6H3,(H,33,41)/t14?,18-,19+,20+,21-,24?/m1/s1. The van der Waals surface area contributed by atoms with Crippen molar-refractivity contribution in [3.63, 3.8) is 0 Å². The summed E-state index contributed by atoms with van der Waals surface area (Å²) >= 11 is 0. The van der Waals surface area contributed by atoms with Crippen molar-refractivity contribution in [2.24, 2.45) is 0 Å². The summed E-state index contributed by atoms with van der Waals surface area (Å²) in [4.78, 5) is 71.4. The number of methoxy groups -OCH3 is 1. The van der Waals surface area contributed by atoms with Crippen molar-refractivity contribution in [1.29, 1.82) is 5.26 Å². The first-order chi connectivity index (χ1) is 19.9. The van der Waals surface area contributed by atoms with E-state index >= 15 is 0 Å². The number of nitriles is 1. The smallest absolute Gasteiger partial charge is 0.236 e. The maximum atomic E-state index is 13.8. The third-order valence-electron chi connectivity index (χ3n) is 9.64. The Labute approximate surface area is 243 Å². The zero-order chi connectivity index (χ0) is 30.8. The number of allylic oxidation sites excluding steroid dienone is 3. The third-order valence-corrected chi connectivity index (χ3v) is 9.64. The van der Waals surface area contributed by atoms with Crippen LogP contribution < -0.4 is 10.6 Å². The highest BCUT2D eigenvalue weighted by atomic mass is 16.5. The Morgan fingerprint density at radius 1 is 1.05 bits per heavy atom. The maximum absolute atomic E-state index is 13.8. The van der Waals surface area contributed by atoms with Gasteiger partial charge in [0.1, 0.15) is 6.04 Å². The van der Waals surface area contributed by atoms with Gasteiger partial charge in [-0.1, -0.05) is 0 Å². The normalized spacial score (nSPS) is 30.7. The van der Waals surface area contributed by atoms with E-state index in [9.17, 15) is 34.3 Å². The second kappa shape index (κ2) is 10.8. The van der Waals surface area contributed by atoms with Crippen LogP contribution in [0.4, 0.5) is 0 Å². The molecule has 5 rings (SSSR count). The maximum Gasteiger partial charge on any atom is 0.236 e. The summed E-state index contributed by atoms with van der Waals surface area (Å²) in [5.41, 5.74) is 1.37. The topological polar surface area (TPSA) is 169 Å². The van der Waals surface area contributed by atoms with E-state index in [4.69, 9.17) is 4.74 Å². The van der Waals surface area contributed by atoms with E-state index < -0.39 is 60.2 Å². The van der Waals surface area contributed by atoms with E-state index in [1.54, 1.807) is 27.9 Å². The molecule has 0 saturated carbocycles. The fourth-order valence-corrected chi connectivity index (χ4v) is 7.31. The van der Waals surface area contributed by atoms with Crippen molar-refractivity contribution >= 4 is 29.0 Å². The van der Waals surface area contributed by atoms with E-state index in [1.165, 1.54) is 14.0 Å². The molecule has 2 unspecified atom stereocenters. The first-order valence-corrected chi connectivity index (χ1v) is 14.0. The molecule has 3 aliphatic heterocycles. The van der Waals surface area contributed by atoms with Gasteiger partial charge in [-0.15, -0.1) is 0 Å². The molecule has 0 aromatic heterocycles. The molecular weight excluding hydrogens is 542 g/mol. The zero-order valence-electron chi connectivity index (χ0n) is 24.5. The molecule has 1 fully saturated rings. The summed E-state index contributed by atoms with van der Waals surface area (Å²) in [5.74, 6) is -1.96. The van der Waals surface area contributed by atoms with Gasteiger partial charge in [-0.3, -0.25) is 33.8 Å². The highest BCUT2D eigenvalue weighted by Gasteiger charge is 2.59. The molecule has 0 aromatic carbocycles. The molecule has 3 heterocycles. The number of fused-ring (bicyclic) bond motifs is 5. The summed E-state index contributed by atoms with van der Waals surface area (Å²) in [5, 5.41) is 26.3. The molecule has 1 amide bonds. The van der Waals surface area contributed by atoms with Crippen LogP contribution in [0.5, 0.6) is 0 Å². The Morgan fingerprint density at radius 2 is 1.67 bits per heavy atom. The van der Waals surface area contributed by atoms with E-state index in [0.717, 1.165) is 0 Å². The number of rotatable bonds is 6. The summed E-state index contributed by atoms with van der Waals surface area (Å²) in [6.45, 7) is 4.01. The van der Waals surface area contributed by atoms with Crippen molar-refractivity contribution in [1.82, 2.24) is 20.4 Å². The van der Waals surface area contributed by atoms with Gasteiger partial charge in [-0.2, -0.15) is 5.26 Å². The van der Waals surface area contributed by atoms with Gasteiger partial charge in [0.25, 0.3) is 0 Å². The van der Waals surface area contributed by atoms with Gasteiger partial charge in [-0.25, -0.2) is 0 Å². The number of aliphatic hydroxyl groups is 1. The van der Waals surface area contributed by atoms with Crippen molar-refractivity contribution in [2.75, 3.05) is 34.4 Å². The Balaban J connectivity index is 1.70. The number of likely N-dealkylation sites (N-methyl/N-ethyl adjacent to an activating group) is 2. The SMILES string of the molecule is CNC(C)C(=O)NC[C@@H]1C2=C(C[C@H]3C4C5=C(C[C@H]([C@H](C#N)N13)N4C)C(=O)C(C)=C(OC)C5=O)C(=O)C(C)=C(CO)C2=O. The molecule has 2 aliphatic carbocycles. The number of piperazine rings is 1. The second-order valence-electron chi connectivity index (χ2n) is 11.5. The van der Waals surface area contributed by atoms with Gasteiger partial charge >= 0.3 is 0 Å². The number of aliphatic hydroxyl groups excluding tert-OH is 1. The van der Waals surface area contributed by atoms with Crippen LogP contribution >= 0.6 is 0 Å². The molecule has 12 heteroatoms. The van der Waals surface area contributed by atoms with Crippen LogP contribution in [-0.2, 0) is 28.7 Å². The van der Waals surface area contributed by atoms with Crippen LogP contribution in [0.2, 0.25) is 0 Å². The number of carbonyl (C=O) groups excluding carboxylic acids is 5. The minimum atomic E-state index is -0.892. The van der Waals surface area contributed by atoms with Crippen molar-refractivity contribution in [2.45, 2.75) is 69.9 Å². The molecule has 3 N–H and O–H groups in total. The fraction of sp³-hybridized carbons (Fsp3) is 0.533. The van der Waals surface area contributed by atoms with E-state index in [-0.39, 0.29) is 70.3 Å². The van der Waals surface area contributed by atoms with Crippen LogP contribution in [0.3, 0.4) is 0 Å². The van der Waals surface area contributed by atoms with Crippen LogP contribution in [0.25, 0.3) is 0 Å². The summed E-state index contributed by atoms with van der Waals surface area (Å²) < 4.78 is 5.36. The number of ketones is 4. The van der Waals surface area contributed by atoms with E-state index in [2.05, 4.69) is 16.7 Å². The minimum Gasteiger partial charge on any atom is -0.492 e. The first-order valence-electron chi connectivity index (χ1n) is 14.0. The lowest BCUT2D eigenvalue weighted by Crippen LogP contribution is -2.74. The van der Waals surface area contributed by atoms with Crippen LogP contribution in [0.15, 0.2) is 44.8 Å². The number of hydrogen-bond donors (Lipinski definition) is 3. The lowest BCUT2D eigenvalue weighted by atomic mass is 9.67. The number of ether oxygens (including phenoxy) is 1. The van der Waals surface area contributed by atoms with Gasteiger partial charge in [-0.05, 0) is 47.7 Å². The number of carbonyl (C=O) groups is 5. The number of nitrogens with zero attached hydrogens (tertiary/aromatic N) is 3.